The zero-order valence-corrected chi connectivity index (χ0v) is 8.62. The fourth-order valence-corrected chi connectivity index (χ4v) is 0.671. The Balaban J connectivity index is 0. The molecule has 0 heterocycles. The number of hydrogen-bond donors (Lipinski definition) is 1. The van der Waals surface area contributed by atoms with E-state index in [-0.39, 0.29) is 44.2 Å². The molecule has 0 amide bonds. The van der Waals surface area contributed by atoms with Gasteiger partial charge in [0.25, 0.3) is 0 Å². The Morgan fingerprint density at radius 1 is 1.70 bits per heavy atom. The Morgan fingerprint density at radius 2 is 2.10 bits per heavy atom. The molecule has 0 aromatic heterocycles. The zero-order valence-electron chi connectivity index (χ0n) is 5.52. The van der Waals surface area contributed by atoms with E-state index < -0.39 is 14.1 Å². The minimum atomic E-state index is -4.99. The molecule has 0 aromatic rings. The molecule has 0 radical (unpaired) electrons. The van der Waals surface area contributed by atoms with Crippen molar-refractivity contribution in [3.63, 3.8) is 0 Å². The van der Waals surface area contributed by atoms with Crippen LogP contribution in [0.15, 0.2) is 0 Å². The van der Waals surface area contributed by atoms with Gasteiger partial charge in [0.2, 0.25) is 0 Å². The molecule has 0 aliphatic rings. The van der Waals surface area contributed by atoms with Gasteiger partial charge in [-0.2, -0.15) is 0 Å². The minimum Gasteiger partial charge on any atom is -0.790 e. The predicted octanol–water partition coefficient (Wildman–Crippen LogP) is -1.82. The maximum absolute atomic E-state index is 9.69. The third kappa shape index (κ3) is 9.33. The summed E-state index contributed by atoms with van der Waals surface area (Å²) in [7, 11) is -4.99. The topological polar surface area (TPSA) is 92.7 Å². The molecule has 5 nitrogen and oxygen atoms in total. The molecule has 7 heteroatoms. The number of aliphatic hydroxyl groups is 1. The first kappa shape index (κ1) is 13.9. The first-order chi connectivity index (χ1) is 3.95. The van der Waals surface area contributed by atoms with Crippen molar-refractivity contribution in [3.05, 3.63) is 0 Å². The van der Waals surface area contributed by atoms with Gasteiger partial charge in [-0.05, 0) is 6.42 Å². The zero-order chi connectivity index (χ0) is 7.49. The number of phosphoric ester groups is 1. The van der Waals surface area contributed by atoms with Crippen LogP contribution in [-0.4, -0.2) is 49.1 Å². The maximum Gasteiger partial charge on any atom is 2.00 e. The SMILES string of the molecule is CCC(O)OP(=O)([O-])[O-].[Ca+2]. The third-order valence-corrected chi connectivity index (χ3v) is 1.10. The summed E-state index contributed by atoms with van der Waals surface area (Å²) in [6.45, 7) is 1.49. The number of rotatable bonds is 3. The van der Waals surface area contributed by atoms with Crippen LogP contribution in [0.25, 0.3) is 0 Å². The van der Waals surface area contributed by atoms with E-state index in [1.54, 1.807) is 0 Å². The van der Waals surface area contributed by atoms with E-state index in [4.69, 9.17) is 5.11 Å². The molecule has 0 aliphatic carbocycles. The molecule has 56 valence electrons. The van der Waals surface area contributed by atoms with Gasteiger partial charge >= 0.3 is 37.7 Å². The summed E-state index contributed by atoms with van der Waals surface area (Å²) >= 11 is 0. The number of aliphatic hydroxyl groups excluding tert-OH is 1. The molecule has 0 spiro atoms. The average molecular weight is 194 g/mol. The third-order valence-electron chi connectivity index (χ3n) is 0.600. The van der Waals surface area contributed by atoms with Crippen LogP contribution >= 0.6 is 7.82 Å². The second-order valence-electron chi connectivity index (χ2n) is 1.42. The standard InChI is InChI=1S/C3H9O5P.Ca/c1-2-3(4)8-9(5,6)7;/h3-4H,2H2,1H3,(H2,5,6,7);/q;+2/p-2. The van der Waals surface area contributed by atoms with Gasteiger partial charge in [-0.3, -0.25) is 0 Å². The van der Waals surface area contributed by atoms with Crippen LogP contribution in [0, 0.1) is 0 Å². The van der Waals surface area contributed by atoms with Gasteiger partial charge in [0.15, 0.2) is 6.29 Å². The Morgan fingerprint density at radius 3 is 2.20 bits per heavy atom. The van der Waals surface area contributed by atoms with Crippen LogP contribution in [0.4, 0.5) is 0 Å². The van der Waals surface area contributed by atoms with Gasteiger partial charge in [-0.15, -0.1) is 0 Å². The molecule has 1 atom stereocenters. The van der Waals surface area contributed by atoms with Crippen LogP contribution in [-0.2, 0) is 9.09 Å². The van der Waals surface area contributed by atoms with Crippen molar-refractivity contribution in [2.24, 2.45) is 0 Å². The molecule has 1 N–H and O–H groups in total. The summed E-state index contributed by atoms with van der Waals surface area (Å²) in [5, 5.41) is 8.40. The van der Waals surface area contributed by atoms with E-state index >= 15 is 0 Å². The van der Waals surface area contributed by atoms with E-state index in [9.17, 15) is 14.4 Å². The Bertz CT molecular complexity index is 122. The molecule has 1 unspecified atom stereocenters. The summed E-state index contributed by atoms with van der Waals surface area (Å²) in [6.07, 6.45) is -1.42. The molecule has 0 saturated heterocycles. The van der Waals surface area contributed by atoms with Gasteiger partial charge < -0.3 is 24.0 Å². The quantitative estimate of drug-likeness (QED) is 0.324. The first-order valence-electron chi connectivity index (χ1n) is 2.34. The van der Waals surface area contributed by atoms with Crippen LogP contribution in [0.3, 0.4) is 0 Å². The summed E-state index contributed by atoms with van der Waals surface area (Å²) in [4.78, 5) is 19.4. The predicted molar refractivity (Wildman–Crippen MR) is 30.7 cm³/mol. The van der Waals surface area contributed by atoms with Crippen molar-refractivity contribution < 1.29 is 24.0 Å². The van der Waals surface area contributed by atoms with Gasteiger partial charge in [0.1, 0.15) is 0 Å². The first-order valence-corrected chi connectivity index (χ1v) is 3.80. The van der Waals surface area contributed by atoms with E-state index in [1.807, 2.05) is 0 Å². The molecule has 0 aliphatic heterocycles. The Kier molecular flexibility index (Phi) is 8.21. The summed E-state index contributed by atoms with van der Waals surface area (Å²) in [6, 6.07) is 0. The van der Waals surface area contributed by atoms with Crippen molar-refractivity contribution in [1.29, 1.82) is 0 Å². The Labute approximate surface area is 88.6 Å². The molecule has 0 fully saturated rings. The minimum absolute atomic E-state index is 0. The molecule has 0 rings (SSSR count). The Hall–Kier alpha value is 1.33. The fourth-order valence-electron chi connectivity index (χ4n) is 0.224. The second kappa shape index (κ2) is 5.91. The normalized spacial score (nSPS) is 14.0. The fraction of sp³-hybridized carbons (Fsp3) is 1.00. The molecule has 0 saturated carbocycles. The second-order valence-corrected chi connectivity index (χ2v) is 2.52. The van der Waals surface area contributed by atoms with Crippen LogP contribution in [0.1, 0.15) is 13.3 Å². The monoisotopic (exact) mass is 194 g/mol. The van der Waals surface area contributed by atoms with Crippen molar-refractivity contribution in [3.8, 4) is 0 Å². The average Bonchev–Trinajstić information content (AvgIpc) is 1.62. The van der Waals surface area contributed by atoms with Crippen LogP contribution in [0.5, 0.6) is 0 Å². The molecule has 0 aromatic carbocycles. The van der Waals surface area contributed by atoms with Crippen molar-refractivity contribution in [2.75, 3.05) is 0 Å². The van der Waals surface area contributed by atoms with Crippen LogP contribution < -0.4 is 9.79 Å². The van der Waals surface area contributed by atoms with E-state index in [0.717, 1.165) is 0 Å². The van der Waals surface area contributed by atoms with Gasteiger partial charge in [0.05, 0.1) is 7.82 Å². The van der Waals surface area contributed by atoms with Crippen molar-refractivity contribution in [1.82, 2.24) is 0 Å². The van der Waals surface area contributed by atoms with E-state index in [2.05, 4.69) is 4.52 Å². The van der Waals surface area contributed by atoms with Gasteiger partial charge in [-0.25, -0.2) is 0 Å². The smallest absolute Gasteiger partial charge is 0.790 e. The van der Waals surface area contributed by atoms with Crippen molar-refractivity contribution in [2.45, 2.75) is 19.6 Å². The van der Waals surface area contributed by atoms with Crippen LogP contribution in [0.2, 0.25) is 0 Å². The largest absolute Gasteiger partial charge is 2.00 e. The molecular weight excluding hydrogens is 187 g/mol. The van der Waals surface area contributed by atoms with Crippen molar-refractivity contribution >= 4 is 45.6 Å². The number of phosphoric acid groups is 1. The summed E-state index contributed by atoms with van der Waals surface area (Å²) < 4.78 is 13.3. The maximum atomic E-state index is 9.69. The van der Waals surface area contributed by atoms with Gasteiger partial charge in [0, 0.05) is 0 Å². The van der Waals surface area contributed by atoms with E-state index in [0.29, 0.717) is 0 Å². The molecule has 10 heavy (non-hydrogen) atoms. The number of hydrogen-bond acceptors (Lipinski definition) is 5. The van der Waals surface area contributed by atoms with Gasteiger partial charge in [-0.1, -0.05) is 6.92 Å². The van der Waals surface area contributed by atoms with E-state index in [1.165, 1.54) is 6.92 Å². The molecule has 0 bridgehead atoms. The molecular formula is C3H7CaO5P. The summed E-state index contributed by atoms with van der Waals surface area (Å²) in [5.74, 6) is 0. The summed E-state index contributed by atoms with van der Waals surface area (Å²) in [5.41, 5.74) is 0.